The van der Waals surface area contributed by atoms with Crippen LogP contribution in [0.15, 0.2) is 0 Å². The van der Waals surface area contributed by atoms with E-state index < -0.39 is 23.3 Å². The molecule has 6 heteroatoms. The number of carbonyl (C=O) groups excluding carboxylic acids is 2. The molecule has 0 radical (unpaired) electrons. The molecule has 1 aliphatic rings. The Labute approximate surface area is 152 Å². The number of carbonyl (C=O) groups is 2. The molecule has 1 fully saturated rings. The third-order valence-corrected chi connectivity index (χ3v) is 4.82. The molecule has 1 aliphatic carbocycles. The quantitative estimate of drug-likeness (QED) is 0.654. The molecule has 3 N–H and O–H groups in total. The van der Waals surface area contributed by atoms with Crippen LogP contribution in [0, 0.1) is 5.92 Å². The number of alkyl carbamates (subject to hydrolysis) is 1. The molecule has 2 atom stereocenters. The highest BCUT2D eigenvalue weighted by Crippen LogP contribution is 2.33. The lowest BCUT2D eigenvalue weighted by Gasteiger charge is -2.38. The Hall–Kier alpha value is -1.30. The van der Waals surface area contributed by atoms with E-state index in [1.165, 1.54) is 6.42 Å². The van der Waals surface area contributed by atoms with Crippen LogP contribution in [-0.2, 0) is 9.53 Å². The van der Waals surface area contributed by atoms with Gasteiger partial charge in [-0.1, -0.05) is 39.0 Å². The van der Waals surface area contributed by atoms with Crippen LogP contribution in [0.4, 0.5) is 4.79 Å². The fraction of sp³-hybridized carbons (Fsp3) is 0.895. The second-order valence-electron chi connectivity index (χ2n) is 8.26. The summed E-state index contributed by atoms with van der Waals surface area (Å²) in [6.45, 7) is 7.23. The monoisotopic (exact) mass is 356 g/mol. The van der Waals surface area contributed by atoms with E-state index in [0.717, 1.165) is 25.7 Å². The van der Waals surface area contributed by atoms with Gasteiger partial charge in [-0.2, -0.15) is 0 Å². The lowest BCUT2D eigenvalue weighted by Crippen LogP contribution is -2.61. The smallest absolute Gasteiger partial charge is 0.408 e. The molecule has 6 nitrogen and oxygen atoms in total. The molecule has 0 aromatic rings. The second kappa shape index (κ2) is 9.41. The minimum atomic E-state index is -1.14. The molecule has 0 saturated heterocycles. The predicted molar refractivity (Wildman–Crippen MR) is 98.3 cm³/mol. The molecule has 0 aliphatic heterocycles. The van der Waals surface area contributed by atoms with E-state index in [0.29, 0.717) is 18.8 Å². The zero-order valence-electron chi connectivity index (χ0n) is 16.5. The van der Waals surface area contributed by atoms with Gasteiger partial charge in [-0.15, -0.1) is 0 Å². The van der Waals surface area contributed by atoms with Crippen molar-refractivity contribution in [2.75, 3.05) is 7.05 Å². The van der Waals surface area contributed by atoms with Crippen molar-refractivity contribution in [3.05, 3.63) is 0 Å². The number of rotatable bonds is 7. The van der Waals surface area contributed by atoms with Crippen molar-refractivity contribution >= 4 is 12.0 Å². The van der Waals surface area contributed by atoms with Crippen molar-refractivity contribution in [3.8, 4) is 0 Å². The summed E-state index contributed by atoms with van der Waals surface area (Å²) < 4.78 is 5.38. The Bertz CT molecular complexity index is 441. The van der Waals surface area contributed by atoms with Gasteiger partial charge in [0.2, 0.25) is 5.91 Å². The molecular formula is C19H36N2O4. The van der Waals surface area contributed by atoms with Crippen LogP contribution in [0.5, 0.6) is 0 Å². The van der Waals surface area contributed by atoms with E-state index in [-0.39, 0.29) is 12.3 Å². The SMILES string of the molecule is CCC(O)CC(CC1CCCCC1)(NC(=O)OC(C)(C)C)C(=O)NC. The summed E-state index contributed by atoms with van der Waals surface area (Å²) in [5.41, 5.74) is -1.79. The first-order valence-corrected chi connectivity index (χ1v) is 9.53. The Morgan fingerprint density at radius 3 is 2.28 bits per heavy atom. The topological polar surface area (TPSA) is 87.7 Å². The highest BCUT2D eigenvalue weighted by Gasteiger charge is 2.43. The first-order valence-electron chi connectivity index (χ1n) is 9.53. The van der Waals surface area contributed by atoms with E-state index in [1.54, 1.807) is 27.8 Å². The fourth-order valence-electron chi connectivity index (χ4n) is 3.60. The van der Waals surface area contributed by atoms with E-state index in [2.05, 4.69) is 10.6 Å². The Morgan fingerprint density at radius 2 is 1.80 bits per heavy atom. The summed E-state index contributed by atoms with van der Waals surface area (Å²) in [5, 5.41) is 15.7. The fourth-order valence-corrected chi connectivity index (χ4v) is 3.60. The summed E-state index contributed by atoms with van der Waals surface area (Å²) in [5.74, 6) is 0.0986. The maximum atomic E-state index is 12.8. The number of amides is 2. The minimum absolute atomic E-state index is 0.193. The predicted octanol–water partition coefficient (Wildman–Crippen LogP) is 3.13. The van der Waals surface area contributed by atoms with E-state index in [4.69, 9.17) is 4.74 Å². The van der Waals surface area contributed by atoms with Gasteiger partial charge in [0, 0.05) is 13.5 Å². The van der Waals surface area contributed by atoms with Crippen LogP contribution in [0.3, 0.4) is 0 Å². The third kappa shape index (κ3) is 7.22. The van der Waals surface area contributed by atoms with Crippen molar-refractivity contribution < 1.29 is 19.4 Å². The molecule has 1 saturated carbocycles. The van der Waals surface area contributed by atoms with Crippen LogP contribution in [0.2, 0.25) is 0 Å². The van der Waals surface area contributed by atoms with Gasteiger partial charge in [-0.25, -0.2) is 4.79 Å². The van der Waals surface area contributed by atoms with Gasteiger partial charge in [-0.05, 0) is 39.5 Å². The van der Waals surface area contributed by atoms with Gasteiger partial charge in [-0.3, -0.25) is 4.79 Å². The van der Waals surface area contributed by atoms with E-state index >= 15 is 0 Å². The zero-order chi connectivity index (χ0) is 19.1. The van der Waals surface area contributed by atoms with Crippen molar-refractivity contribution in [2.24, 2.45) is 5.92 Å². The highest BCUT2D eigenvalue weighted by atomic mass is 16.6. The number of ether oxygens (including phenoxy) is 1. The number of likely N-dealkylation sites (N-methyl/N-ethyl adjacent to an activating group) is 1. The normalized spacial score (nSPS) is 19.6. The average molecular weight is 357 g/mol. The molecule has 0 spiro atoms. The van der Waals surface area contributed by atoms with Gasteiger partial charge in [0.05, 0.1) is 6.10 Å². The molecular weight excluding hydrogens is 320 g/mol. The Kier molecular flexibility index (Phi) is 8.19. The van der Waals surface area contributed by atoms with Crippen LogP contribution in [0.1, 0.15) is 79.1 Å². The lowest BCUT2D eigenvalue weighted by molar-refractivity contribution is -0.129. The maximum absolute atomic E-state index is 12.8. The molecule has 0 bridgehead atoms. The lowest BCUT2D eigenvalue weighted by atomic mass is 9.76. The average Bonchev–Trinajstić information content (AvgIpc) is 2.52. The second-order valence-corrected chi connectivity index (χ2v) is 8.26. The van der Waals surface area contributed by atoms with Gasteiger partial charge in [0.1, 0.15) is 11.1 Å². The van der Waals surface area contributed by atoms with Gasteiger partial charge < -0.3 is 20.5 Å². The summed E-state index contributed by atoms with van der Waals surface area (Å²) in [6.07, 6.45) is 5.61. The van der Waals surface area contributed by atoms with Gasteiger partial charge >= 0.3 is 6.09 Å². The first-order chi connectivity index (χ1) is 11.6. The van der Waals surface area contributed by atoms with Crippen LogP contribution in [-0.4, -0.2) is 41.4 Å². The summed E-state index contributed by atoms with van der Waals surface area (Å²) in [7, 11) is 1.56. The van der Waals surface area contributed by atoms with Crippen LogP contribution < -0.4 is 10.6 Å². The largest absolute Gasteiger partial charge is 0.444 e. The van der Waals surface area contributed by atoms with Crippen LogP contribution >= 0.6 is 0 Å². The number of aliphatic hydroxyl groups excluding tert-OH is 1. The molecule has 0 aromatic heterocycles. The standard InChI is InChI=1S/C19H36N2O4/c1-6-15(22)13-19(16(23)20-5,12-14-10-8-7-9-11-14)21-17(24)25-18(2,3)4/h14-15,22H,6-13H2,1-5H3,(H,20,23)(H,21,24). The molecule has 0 aromatic carbocycles. The highest BCUT2D eigenvalue weighted by molar-refractivity contribution is 5.90. The van der Waals surface area contributed by atoms with Gasteiger partial charge in [0.25, 0.3) is 0 Å². The number of nitrogens with one attached hydrogen (secondary N) is 2. The maximum Gasteiger partial charge on any atom is 0.408 e. The van der Waals surface area contributed by atoms with E-state index in [9.17, 15) is 14.7 Å². The minimum Gasteiger partial charge on any atom is -0.444 e. The number of aliphatic hydroxyl groups is 1. The molecule has 25 heavy (non-hydrogen) atoms. The van der Waals surface area contributed by atoms with Crippen molar-refractivity contribution in [3.63, 3.8) is 0 Å². The Balaban J connectivity index is 3.04. The molecule has 2 unspecified atom stereocenters. The van der Waals surface area contributed by atoms with Crippen molar-refractivity contribution in [2.45, 2.75) is 96.3 Å². The van der Waals surface area contributed by atoms with Crippen molar-refractivity contribution in [1.82, 2.24) is 10.6 Å². The van der Waals surface area contributed by atoms with E-state index in [1.807, 2.05) is 6.92 Å². The summed E-state index contributed by atoms with van der Waals surface area (Å²) >= 11 is 0. The Morgan fingerprint density at radius 1 is 1.20 bits per heavy atom. The zero-order valence-corrected chi connectivity index (χ0v) is 16.5. The number of hydrogen-bond acceptors (Lipinski definition) is 4. The third-order valence-electron chi connectivity index (χ3n) is 4.82. The molecule has 2 amide bonds. The summed E-state index contributed by atoms with van der Waals surface area (Å²) in [6, 6.07) is 0. The summed E-state index contributed by atoms with van der Waals surface area (Å²) in [4.78, 5) is 25.2. The van der Waals surface area contributed by atoms with Gasteiger partial charge in [0.15, 0.2) is 0 Å². The number of hydrogen-bond donors (Lipinski definition) is 3. The molecule has 1 rings (SSSR count). The van der Waals surface area contributed by atoms with Crippen LogP contribution in [0.25, 0.3) is 0 Å². The van der Waals surface area contributed by atoms with Crippen molar-refractivity contribution in [1.29, 1.82) is 0 Å². The molecule has 0 heterocycles. The first kappa shape index (κ1) is 21.7. The molecule has 146 valence electrons.